The minimum absolute atomic E-state index is 0.104. The van der Waals surface area contributed by atoms with E-state index in [1.807, 2.05) is 4.90 Å². The van der Waals surface area contributed by atoms with E-state index in [1.165, 1.54) is 15.3 Å². The fourth-order valence-electron chi connectivity index (χ4n) is 2.55. The van der Waals surface area contributed by atoms with Gasteiger partial charge in [0, 0.05) is 16.3 Å². The van der Waals surface area contributed by atoms with Gasteiger partial charge in [0.2, 0.25) is 5.91 Å². The van der Waals surface area contributed by atoms with Crippen molar-refractivity contribution in [1.29, 1.82) is 0 Å². The number of carbonyl (C=O) groups is 1. The summed E-state index contributed by atoms with van der Waals surface area (Å²) in [6.45, 7) is 7.17. The lowest BCUT2D eigenvalue weighted by Gasteiger charge is -2.35. The van der Waals surface area contributed by atoms with Crippen molar-refractivity contribution in [2.45, 2.75) is 45.7 Å². The number of amides is 1. The predicted octanol–water partition coefficient (Wildman–Crippen LogP) is 2.38. The molecule has 0 radical (unpaired) electrons. The van der Waals surface area contributed by atoms with Gasteiger partial charge in [-0.15, -0.1) is 11.3 Å². The summed E-state index contributed by atoms with van der Waals surface area (Å²) in [7, 11) is 0. The molecule has 2 heterocycles. The molecular formula is C13H20N2OS. The zero-order chi connectivity index (χ0) is 12.6. The highest BCUT2D eigenvalue weighted by atomic mass is 32.1. The first-order valence-electron chi connectivity index (χ1n) is 6.13. The van der Waals surface area contributed by atoms with E-state index in [-0.39, 0.29) is 18.0 Å². The Hall–Kier alpha value is -0.870. The van der Waals surface area contributed by atoms with Crippen molar-refractivity contribution in [1.82, 2.24) is 4.90 Å². The second-order valence-corrected chi connectivity index (χ2v) is 6.29. The molecule has 1 amide bonds. The normalized spacial score (nSPS) is 22.9. The van der Waals surface area contributed by atoms with Gasteiger partial charge < -0.3 is 10.6 Å². The van der Waals surface area contributed by atoms with E-state index in [0.717, 1.165) is 19.4 Å². The highest BCUT2D eigenvalue weighted by molar-refractivity contribution is 7.12. The number of piperidine rings is 1. The quantitative estimate of drug-likeness (QED) is 0.878. The van der Waals surface area contributed by atoms with Crippen molar-refractivity contribution >= 4 is 17.2 Å². The molecule has 0 bridgehead atoms. The summed E-state index contributed by atoms with van der Waals surface area (Å²) in [5, 5.41) is 0. The predicted molar refractivity (Wildman–Crippen MR) is 71.1 cm³/mol. The number of carbonyl (C=O) groups excluding carboxylic acids is 1. The first kappa shape index (κ1) is 12.6. The molecule has 2 N–H and O–H groups in total. The van der Waals surface area contributed by atoms with Gasteiger partial charge in [0.25, 0.3) is 0 Å². The van der Waals surface area contributed by atoms with Crippen molar-refractivity contribution in [3.8, 4) is 0 Å². The maximum atomic E-state index is 12.1. The van der Waals surface area contributed by atoms with Crippen LogP contribution in [-0.2, 0) is 4.79 Å². The molecule has 0 spiro atoms. The van der Waals surface area contributed by atoms with Gasteiger partial charge in [-0.25, -0.2) is 0 Å². The lowest BCUT2D eigenvalue weighted by Crippen LogP contribution is -2.49. The van der Waals surface area contributed by atoms with Crippen LogP contribution in [0.25, 0.3) is 0 Å². The SMILES string of the molecule is Cc1cc(C(C)N2CCCC(N)C2=O)c(C)s1. The van der Waals surface area contributed by atoms with Crippen molar-refractivity contribution in [2.75, 3.05) is 6.54 Å². The largest absolute Gasteiger partial charge is 0.335 e. The third-order valence-corrected chi connectivity index (χ3v) is 4.49. The molecule has 1 aromatic heterocycles. The number of aryl methyl sites for hydroxylation is 2. The summed E-state index contributed by atoms with van der Waals surface area (Å²) >= 11 is 1.79. The van der Waals surface area contributed by atoms with Crippen molar-refractivity contribution in [2.24, 2.45) is 5.73 Å². The molecule has 17 heavy (non-hydrogen) atoms. The van der Waals surface area contributed by atoms with Crippen LogP contribution in [0.5, 0.6) is 0 Å². The molecule has 94 valence electrons. The number of rotatable bonds is 2. The van der Waals surface area contributed by atoms with Crippen molar-refractivity contribution in [3.05, 3.63) is 21.4 Å². The highest BCUT2D eigenvalue weighted by Crippen LogP contribution is 2.31. The summed E-state index contributed by atoms with van der Waals surface area (Å²) in [6.07, 6.45) is 1.84. The zero-order valence-corrected chi connectivity index (χ0v) is 11.5. The van der Waals surface area contributed by atoms with E-state index in [0.29, 0.717) is 0 Å². The Kier molecular flexibility index (Phi) is 3.54. The van der Waals surface area contributed by atoms with Crippen LogP contribution < -0.4 is 5.73 Å². The summed E-state index contributed by atoms with van der Waals surface area (Å²) in [4.78, 5) is 16.6. The Morgan fingerprint density at radius 2 is 2.24 bits per heavy atom. The summed E-state index contributed by atoms with van der Waals surface area (Å²) in [5.74, 6) is 0.104. The van der Waals surface area contributed by atoms with E-state index in [4.69, 9.17) is 5.73 Å². The Morgan fingerprint density at radius 3 is 2.82 bits per heavy atom. The fraction of sp³-hybridized carbons (Fsp3) is 0.615. The molecule has 1 fully saturated rings. The molecule has 0 aromatic carbocycles. The standard InChI is InChI=1S/C13H20N2OS/c1-8-7-11(10(3)17-8)9(2)15-6-4-5-12(14)13(15)16/h7,9,12H,4-6,14H2,1-3H3. The molecule has 3 nitrogen and oxygen atoms in total. The monoisotopic (exact) mass is 252 g/mol. The Bertz CT molecular complexity index is 427. The lowest BCUT2D eigenvalue weighted by molar-refractivity contribution is -0.137. The van der Waals surface area contributed by atoms with Crippen LogP contribution in [0.15, 0.2) is 6.07 Å². The molecule has 0 aliphatic carbocycles. The Balaban J connectivity index is 2.22. The Morgan fingerprint density at radius 1 is 1.53 bits per heavy atom. The molecule has 2 unspecified atom stereocenters. The molecule has 2 rings (SSSR count). The molecular weight excluding hydrogens is 232 g/mol. The van der Waals surface area contributed by atoms with Gasteiger partial charge in [0.05, 0.1) is 12.1 Å². The number of likely N-dealkylation sites (tertiary alicyclic amines) is 1. The molecule has 2 atom stereocenters. The highest BCUT2D eigenvalue weighted by Gasteiger charge is 2.30. The number of hydrogen-bond donors (Lipinski definition) is 1. The van der Waals surface area contributed by atoms with Gasteiger partial charge in [0.15, 0.2) is 0 Å². The summed E-state index contributed by atoms with van der Waals surface area (Å²) < 4.78 is 0. The average Bonchev–Trinajstić information content (AvgIpc) is 2.61. The maximum Gasteiger partial charge on any atom is 0.239 e. The van der Waals surface area contributed by atoms with Crippen LogP contribution in [-0.4, -0.2) is 23.4 Å². The topological polar surface area (TPSA) is 46.3 Å². The van der Waals surface area contributed by atoms with E-state index in [1.54, 1.807) is 11.3 Å². The Labute approximate surface area is 107 Å². The smallest absolute Gasteiger partial charge is 0.239 e. The molecule has 1 aliphatic heterocycles. The second kappa shape index (κ2) is 4.78. The van der Waals surface area contributed by atoms with Crippen LogP contribution >= 0.6 is 11.3 Å². The summed E-state index contributed by atoms with van der Waals surface area (Å²) in [6, 6.07) is 2.04. The van der Waals surface area contributed by atoms with Gasteiger partial charge in [-0.1, -0.05) is 0 Å². The molecule has 0 saturated carbocycles. The fourth-order valence-corrected chi connectivity index (χ4v) is 3.56. The average molecular weight is 252 g/mol. The second-order valence-electron chi connectivity index (χ2n) is 4.82. The van der Waals surface area contributed by atoms with Gasteiger partial charge in [-0.3, -0.25) is 4.79 Å². The van der Waals surface area contributed by atoms with Gasteiger partial charge in [0.1, 0.15) is 0 Å². The molecule has 1 saturated heterocycles. The van der Waals surface area contributed by atoms with Crippen molar-refractivity contribution < 1.29 is 4.79 Å². The van der Waals surface area contributed by atoms with E-state index < -0.39 is 0 Å². The third kappa shape index (κ3) is 2.38. The minimum atomic E-state index is -0.300. The van der Waals surface area contributed by atoms with Crippen molar-refractivity contribution in [3.63, 3.8) is 0 Å². The number of nitrogens with zero attached hydrogens (tertiary/aromatic N) is 1. The molecule has 1 aromatic rings. The van der Waals surface area contributed by atoms with E-state index in [9.17, 15) is 4.79 Å². The number of thiophene rings is 1. The first-order chi connectivity index (χ1) is 8.00. The van der Waals surface area contributed by atoms with Crippen LogP contribution in [0.4, 0.5) is 0 Å². The van der Waals surface area contributed by atoms with Gasteiger partial charge in [-0.05, 0) is 45.2 Å². The maximum absolute atomic E-state index is 12.1. The van der Waals surface area contributed by atoms with E-state index in [2.05, 4.69) is 26.8 Å². The van der Waals surface area contributed by atoms with Gasteiger partial charge in [-0.2, -0.15) is 0 Å². The summed E-state index contributed by atoms with van der Waals surface area (Å²) in [5.41, 5.74) is 7.11. The molecule has 1 aliphatic rings. The van der Waals surface area contributed by atoms with Crippen LogP contribution in [0.1, 0.15) is 41.1 Å². The number of hydrogen-bond acceptors (Lipinski definition) is 3. The third-order valence-electron chi connectivity index (χ3n) is 3.51. The first-order valence-corrected chi connectivity index (χ1v) is 6.95. The number of nitrogens with two attached hydrogens (primary N) is 1. The molecule has 4 heteroatoms. The lowest BCUT2D eigenvalue weighted by atomic mass is 10.0. The van der Waals surface area contributed by atoms with Gasteiger partial charge >= 0.3 is 0 Å². The zero-order valence-electron chi connectivity index (χ0n) is 10.7. The van der Waals surface area contributed by atoms with Crippen LogP contribution in [0, 0.1) is 13.8 Å². The van der Waals surface area contributed by atoms with Crippen LogP contribution in [0.2, 0.25) is 0 Å². The van der Waals surface area contributed by atoms with Crippen LogP contribution in [0.3, 0.4) is 0 Å². The minimum Gasteiger partial charge on any atom is -0.335 e. The van der Waals surface area contributed by atoms with E-state index >= 15 is 0 Å².